The Morgan fingerprint density at radius 1 is 1.37 bits per heavy atom. The van der Waals surface area contributed by atoms with Gasteiger partial charge in [-0.05, 0) is 23.6 Å². The zero-order valence-corrected chi connectivity index (χ0v) is 10.8. The summed E-state index contributed by atoms with van der Waals surface area (Å²) in [6, 6.07) is 5.89. The zero-order chi connectivity index (χ0) is 13.4. The van der Waals surface area contributed by atoms with E-state index < -0.39 is 5.97 Å². The lowest BCUT2D eigenvalue weighted by Crippen LogP contribution is -2.23. The molecular weight excluding hydrogens is 246 g/mol. The lowest BCUT2D eigenvalue weighted by Gasteiger charge is -2.15. The SMILES string of the molecule is CC1CN(Cc2ccc3c(c2)OCO3)CC1C(=O)O. The fraction of sp³-hybridized carbons (Fsp3) is 0.500. The van der Waals surface area contributed by atoms with Crippen molar-refractivity contribution in [2.45, 2.75) is 13.5 Å². The summed E-state index contributed by atoms with van der Waals surface area (Å²) in [5.41, 5.74) is 1.13. The van der Waals surface area contributed by atoms with Crippen LogP contribution < -0.4 is 9.47 Å². The van der Waals surface area contributed by atoms with Crippen LogP contribution >= 0.6 is 0 Å². The molecule has 0 spiro atoms. The Balaban J connectivity index is 1.68. The van der Waals surface area contributed by atoms with Crippen LogP contribution in [0.5, 0.6) is 11.5 Å². The third kappa shape index (κ3) is 2.38. The molecule has 2 unspecified atom stereocenters. The molecule has 2 heterocycles. The number of nitrogens with zero attached hydrogens (tertiary/aromatic N) is 1. The molecule has 0 aliphatic carbocycles. The summed E-state index contributed by atoms with van der Waals surface area (Å²) in [5, 5.41) is 9.13. The number of hydrogen-bond donors (Lipinski definition) is 1. The number of carboxylic acid groups (broad SMARTS) is 1. The second-order valence-electron chi connectivity index (χ2n) is 5.30. The van der Waals surface area contributed by atoms with E-state index in [1.165, 1.54) is 0 Å². The van der Waals surface area contributed by atoms with Gasteiger partial charge in [-0.1, -0.05) is 13.0 Å². The van der Waals surface area contributed by atoms with Crippen molar-refractivity contribution in [2.75, 3.05) is 19.9 Å². The van der Waals surface area contributed by atoms with Gasteiger partial charge in [0.05, 0.1) is 5.92 Å². The molecule has 1 fully saturated rings. The second-order valence-corrected chi connectivity index (χ2v) is 5.30. The van der Waals surface area contributed by atoms with Crippen molar-refractivity contribution in [3.8, 4) is 11.5 Å². The molecule has 0 aromatic heterocycles. The maximum Gasteiger partial charge on any atom is 0.308 e. The lowest BCUT2D eigenvalue weighted by atomic mass is 9.99. The smallest absolute Gasteiger partial charge is 0.308 e. The zero-order valence-electron chi connectivity index (χ0n) is 10.8. The first kappa shape index (κ1) is 12.3. The molecule has 0 saturated carbocycles. The molecule has 5 heteroatoms. The molecule has 19 heavy (non-hydrogen) atoms. The van der Waals surface area contributed by atoms with Gasteiger partial charge in [-0.25, -0.2) is 0 Å². The van der Waals surface area contributed by atoms with Gasteiger partial charge in [-0.15, -0.1) is 0 Å². The molecule has 1 N–H and O–H groups in total. The van der Waals surface area contributed by atoms with Crippen LogP contribution in [0.25, 0.3) is 0 Å². The van der Waals surface area contributed by atoms with Crippen molar-refractivity contribution in [3.05, 3.63) is 23.8 Å². The summed E-state index contributed by atoms with van der Waals surface area (Å²) in [6.45, 7) is 4.47. The van der Waals surface area contributed by atoms with Crippen molar-refractivity contribution >= 4 is 5.97 Å². The monoisotopic (exact) mass is 263 g/mol. The molecule has 1 saturated heterocycles. The number of fused-ring (bicyclic) bond motifs is 1. The second kappa shape index (κ2) is 4.74. The minimum atomic E-state index is -0.694. The average molecular weight is 263 g/mol. The topological polar surface area (TPSA) is 59.0 Å². The van der Waals surface area contributed by atoms with Gasteiger partial charge in [-0.2, -0.15) is 0 Å². The van der Waals surface area contributed by atoms with Crippen LogP contribution in [0, 0.1) is 11.8 Å². The predicted molar refractivity (Wildman–Crippen MR) is 68.1 cm³/mol. The molecule has 0 amide bonds. The average Bonchev–Trinajstić information content (AvgIpc) is 2.95. The maximum atomic E-state index is 11.1. The third-order valence-electron chi connectivity index (χ3n) is 3.85. The van der Waals surface area contributed by atoms with E-state index in [0.717, 1.165) is 30.2 Å². The molecular formula is C14H17NO4. The highest BCUT2D eigenvalue weighted by Crippen LogP contribution is 2.33. The van der Waals surface area contributed by atoms with Gasteiger partial charge in [0, 0.05) is 19.6 Å². The highest BCUT2D eigenvalue weighted by Gasteiger charge is 2.34. The molecule has 3 rings (SSSR count). The summed E-state index contributed by atoms with van der Waals surface area (Å²) in [4.78, 5) is 13.3. The molecule has 1 aromatic carbocycles. The first-order valence-electron chi connectivity index (χ1n) is 6.47. The number of hydrogen-bond acceptors (Lipinski definition) is 4. The van der Waals surface area contributed by atoms with E-state index in [-0.39, 0.29) is 18.6 Å². The minimum Gasteiger partial charge on any atom is -0.481 e. The van der Waals surface area contributed by atoms with Crippen LogP contribution in [0.15, 0.2) is 18.2 Å². The van der Waals surface area contributed by atoms with Gasteiger partial charge in [0.1, 0.15) is 0 Å². The normalized spacial score (nSPS) is 25.7. The van der Waals surface area contributed by atoms with Gasteiger partial charge >= 0.3 is 5.97 Å². The van der Waals surface area contributed by atoms with Crippen molar-refractivity contribution < 1.29 is 19.4 Å². The fourth-order valence-electron chi connectivity index (χ4n) is 2.82. The predicted octanol–water partition coefficient (Wildman–Crippen LogP) is 1.57. The van der Waals surface area contributed by atoms with E-state index >= 15 is 0 Å². The van der Waals surface area contributed by atoms with E-state index in [1.54, 1.807) is 0 Å². The molecule has 1 aromatic rings. The van der Waals surface area contributed by atoms with E-state index in [0.29, 0.717) is 6.54 Å². The molecule has 102 valence electrons. The van der Waals surface area contributed by atoms with Crippen molar-refractivity contribution in [2.24, 2.45) is 11.8 Å². The summed E-state index contributed by atoms with van der Waals surface area (Å²) in [6.07, 6.45) is 0. The van der Waals surface area contributed by atoms with Crippen LogP contribution in [0.1, 0.15) is 12.5 Å². The van der Waals surface area contributed by atoms with Gasteiger partial charge in [0.15, 0.2) is 11.5 Å². The Bertz CT molecular complexity index is 502. The minimum absolute atomic E-state index is 0.200. The summed E-state index contributed by atoms with van der Waals surface area (Å²) < 4.78 is 10.6. The Kier molecular flexibility index (Phi) is 3.06. The lowest BCUT2D eigenvalue weighted by molar-refractivity contribution is -0.142. The molecule has 5 nitrogen and oxygen atoms in total. The Hall–Kier alpha value is -1.75. The molecule has 2 aliphatic rings. The number of rotatable bonds is 3. The number of aliphatic carboxylic acids is 1. The summed E-state index contributed by atoms with van der Waals surface area (Å²) >= 11 is 0. The summed E-state index contributed by atoms with van der Waals surface area (Å²) in [7, 11) is 0. The summed E-state index contributed by atoms with van der Waals surface area (Å²) in [5.74, 6) is 0.808. The third-order valence-corrected chi connectivity index (χ3v) is 3.85. The Labute approximate surface area is 111 Å². The highest BCUT2D eigenvalue weighted by molar-refractivity contribution is 5.71. The van der Waals surface area contributed by atoms with E-state index in [2.05, 4.69) is 4.90 Å². The van der Waals surface area contributed by atoms with Crippen molar-refractivity contribution in [1.29, 1.82) is 0 Å². The number of carboxylic acids is 1. The Morgan fingerprint density at radius 3 is 2.89 bits per heavy atom. The van der Waals surface area contributed by atoms with Crippen LogP contribution in [0.3, 0.4) is 0 Å². The van der Waals surface area contributed by atoms with Gasteiger partial charge < -0.3 is 14.6 Å². The van der Waals surface area contributed by atoms with Gasteiger partial charge in [0.25, 0.3) is 0 Å². The van der Waals surface area contributed by atoms with Crippen LogP contribution in [-0.2, 0) is 11.3 Å². The Morgan fingerprint density at radius 2 is 2.16 bits per heavy atom. The number of benzene rings is 1. The van der Waals surface area contributed by atoms with E-state index in [1.807, 2.05) is 25.1 Å². The van der Waals surface area contributed by atoms with E-state index in [9.17, 15) is 4.79 Å². The molecule has 2 aliphatic heterocycles. The quantitative estimate of drug-likeness (QED) is 0.897. The van der Waals surface area contributed by atoms with Crippen LogP contribution in [-0.4, -0.2) is 35.9 Å². The fourth-order valence-corrected chi connectivity index (χ4v) is 2.82. The highest BCUT2D eigenvalue weighted by atomic mass is 16.7. The van der Waals surface area contributed by atoms with Crippen molar-refractivity contribution in [1.82, 2.24) is 4.90 Å². The largest absolute Gasteiger partial charge is 0.481 e. The van der Waals surface area contributed by atoms with Crippen molar-refractivity contribution in [3.63, 3.8) is 0 Å². The van der Waals surface area contributed by atoms with Crippen LogP contribution in [0.4, 0.5) is 0 Å². The molecule has 0 radical (unpaired) electrons. The number of likely N-dealkylation sites (tertiary alicyclic amines) is 1. The standard InChI is InChI=1S/C14H17NO4/c1-9-5-15(7-11(9)14(16)17)6-10-2-3-12-13(4-10)19-8-18-12/h2-4,9,11H,5-8H2,1H3,(H,16,17). The van der Waals surface area contributed by atoms with Gasteiger partial charge in [0.2, 0.25) is 6.79 Å². The number of carbonyl (C=O) groups is 1. The first-order chi connectivity index (χ1) is 9.13. The maximum absolute atomic E-state index is 11.1. The molecule has 0 bridgehead atoms. The van der Waals surface area contributed by atoms with E-state index in [4.69, 9.17) is 14.6 Å². The number of ether oxygens (including phenoxy) is 2. The van der Waals surface area contributed by atoms with Crippen LogP contribution in [0.2, 0.25) is 0 Å². The van der Waals surface area contributed by atoms with Gasteiger partial charge in [-0.3, -0.25) is 9.69 Å². The molecule has 2 atom stereocenters. The first-order valence-corrected chi connectivity index (χ1v) is 6.47.